The van der Waals surface area contributed by atoms with E-state index in [0.29, 0.717) is 27.5 Å². The molecule has 37 heavy (non-hydrogen) atoms. The van der Waals surface area contributed by atoms with E-state index >= 15 is 0 Å². The van der Waals surface area contributed by atoms with E-state index in [0.717, 1.165) is 33.8 Å². The molecule has 2 heterocycles. The first-order valence-electron chi connectivity index (χ1n) is 11.8. The van der Waals surface area contributed by atoms with Crippen LogP contribution in [0.4, 0.5) is 11.6 Å². The van der Waals surface area contributed by atoms with Crippen LogP contribution >= 0.6 is 23.4 Å². The number of ether oxygens (including phenoxy) is 1. The van der Waals surface area contributed by atoms with E-state index < -0.39 is 6.04 Å². The molecular formula is C28H26ClN5O2S. The first kappa shape index (κ1) is 24.9. The summed E-state index contributed by atoms with van der Waals surface area (Å²) in [5, 5.41) is 12.4. The molecule has 1 amide bonds. The van der Waals surface area contributed by atoms with Gasteiger partial charge in [0, 0.05) is 22.2 Å². The molecule has 0 radical (unpaired) electrons. The van der Waals surface area contributed by atoms with Gasteiger partial charge in [0.25, 0.3) is 5.91 Å². The number of amides is 1. The fourth-order valence-electron chi connectivity index (χ4n) is 4.25. The quantitative estimate of drug-likeness (QED) is 0.266. The van der Waals surface area contributed by atoms with E-state index in [1.54, 1.807) is 11.8 Å². The zero-order valence-corrected chi connectivity index (χ0v) is 22.2. The predicted molar refractivity (Wildman–Crippen MR) is 148 cm³/mol. The standard InChI is InChI=1S/C28H26ClN5O2S/c1-17-7-4-5-10-23(17)31-26(35)24-18(2)30-27-32-28(37-16-19-8-6-9-22(15-19)36-3)33-34(27)25(24)20-11-13-21(29)14-12-20/h4-15,25H,16H2,1-3H3,(H,31,35)(H,30,32,33). The smallest absolute Gasteiger partial charge is 0.255 e. The molecule has 1 aliphatic heterocycles. The van der Waals surface area contributed by atoms with Gasteiger partial charge < -0.3 is 15.4 Å². The first-order chi connectivity index (χ1) is 17.9. The highest BCUT2D eigenvalue weighted by Gasteiger charge is 2.34. The normalized spacial score (nSPS) is 14.6. The number of allylic oxidation sites excluding steroid dienone is 1. The van der Waals surface area contributed by atoms with Crippen LogP contribution in [0.5, 0.6) is 5.75 Å². The number of nitrogens with zero attached hydrogens (tertiary/aromatic N) is 3. The number of rotatable bonds is 7. The molecule has 1 unspecified atom stereocenters. The fraction of sp³-hybridized carbons (Fsp3) is 0.179. The number of nitrogens with one attached hydrogen (secondary N) is 2. The maximum absolute atomic E-state index is 13.7. The third-order valence-electron chi connectivity index (χ3n) is 6.16. The second-order valence-electron chi connectivity index (χ2n) is 8.69. The third kappa shape index (κ3) is 5.35. The van der Waals surface area contributed by atoms with E-state index in [-0.39, 0.29) is 5.91 Å². The molecule has 3 aromatic carbocycles. The van der Waals surface area contributed by atoms with Crippen molar-refractivity contribution in [3.05, 3.63) is 106 Å². The van der Waals surface area contributed by atoms with Gasteiger partial charge in [0.15, 0.2) is 0 Å². The number of para-hydroxylation sites is 1. The van der Waals surface area contributed by atoms with Crippen LogP contribution in [0.3, 0.4) is 0 Å². The number of aryl methyl sites for hydroxylation is 1. The second-order valence-corrected chi connectivity index (χ2v) is 10.1. The molecular weight excluding hydrogens is 506 g/mol. The molecule has 1 atom stereocenters. The van der Waals surface area contributed by atoms with E-state index in [1.807, 2.05) is 86.6 Å². The lowest BCUT2D eigenvalue weighted by atomic mass is 9.95. The van der Waals surface area contributed by atoms with Crippen molar-refractivity contribution in [1.29, 1.82) is 0 Å². The maximum atomic E-state index is 13.7. The Labute approximate surface area is 224 Å². The fourth-order valence-corrected chi connectivity index (χ4v) is 5.15. The minimum Gasteiger partial charge on any atom is -0.497 e. The number of hydrogen-bond acceptors (Lipinski definition) is 6. The van der Waals surface area contributed by atoms with Gasteiger partial charge in [-0.1, -0.05) is 65.8 Å². The molecule has 7 nitrogen and oxygen atoms in total. The lowest BCUT2D eigenvalue weighted by Gasteiger charge is -2.28. The summed E-state index contributed by atoms with van der Waals surface area (Å²) >= 11 is 7.70. The molecule has 9 heteroatoms. The lowest BCUT2D eigenvalue weighted by Crippen LogP contribution is -2.31. The summed E-state index contributed by atoms with van der Waals surface area (Å²) in [5.41, 5.74) is 5.02. The molecule has 1 aliphatic rings. The Balaban J connectivity index is 1.48. The summed E-state index contributed by atoms with van der Waals surface area (Å²) < 4.78 is 7.11. The molecule has 1 aromatic heterocycles. The number of carbonyl (C=O) groups is 1. The molecule has 0 bridgehead atoms. The Bertz CT molecular complexity index is 1480. The van der Waals surface area contributed by atoms with Crippen molar-refractivity contribution < 1.29 is 9.53 Å². The van der Waals surface area contributed by atoms with Crippen molar-refractivity contribution in [2.24, 2.45) is 0 Å². The summed E-state index contributed by atoms with van der Waals surface area (Å²) in [6, 6.07) is 22.6. The highest BCUT2D eigenvalue weighted by atomic mass is 35.5. The van der Waals surface area contributed by atoms with Crippen LogP contribution in [0, 0.1) is 6.92 Å². The lowest BCUT2D eigenvalue weighted by molar-refractivity contribution is -0.113. The molecule has 0 spiro atoms. The van der Waals surface area contributed by atoms with Crippen LogP contribution in [0.1, 0.15) is 29.7 Å². The highest BCUT2D eigenvalue weighted by Crippen LogP contribution is 2.37. The zero-order chi connectivity index (χ0) is 25.9. The van der Waals surface area contributed by atoms with Gasteiger partial charge in [0.2, 0.25) is 11.1 Å². The van der Waals surface area contributed by atoms with Gasteiger partial charge in [-0.25, -0.2) is 4.68 Å². The van der Waals surface area contributed by atoms with Gasteiger partial charge in [-0.3, -0.25) is 4.79 Å². The van der Waals surface area contributed by atoms with Crippen LogP contribution in [0.2, 0.25) is 5.02 Å². The Kier molecular flexibility index (Phi) is 7.21. The van der Waals surface area contributed by atoms with E-state index in [2.05, 4.69) is 10.6 Å². The Morgan fingerprint density at radius 1 is 1.11 bits per heavy atom. The predicted octanol–water partition coefficient (Wildman–Crippen LogP) is 6.47. The third-order valence-corrected chi connectivity index (χ3v) is 7.32. The van der Waals surface area contributed by atoms with Crippen molar-refractivity contribution in [2.45, 2.75) is 30.8 Å². The highest BCUT2D eigenvalue weighted by molar-refractivity contribution is 7.98. The number of hydrogen-bond donors (Lipinski definition) is 2. The van der Waals surface area contributed by atoms with Gasteiger partial charge in [-0.15, -0.1) is 5.10 Å². The summed E-state index contributed by atoms with van der Waals surface area (Å²) in [5.74, 6) is 1.87. The minimum absolute atomic E-state index is 0.203. The number of fused-ring (bicyclic) bond motifs is 1. The molecule has 0 aliphatic carbocycles. The summed E-state index contributed by atoms with van der Waals surface area (Å²) in [6.07, 6.45) is 0. The van der Waals surface area contributed by atoms with Crippen LogP contribution < -0.4 is 15.4 Å². The molecule has 2 N–H and O–H groups in total. The van der Waals surface area contributed by atoms with Crippen molar-refractivity contribution in [3.63, 3.8) is 0 Å². The zero-order valence-electron chi connectivity index (χ0n) is 20.7. The molecule has 0 fully saturated rings. The Morgan fingerprint density at radius 3 is 2.65 bits per heavy atom. The number of methoxy groups -OCH3 is 1. The van der Waals surface area contributed by atoms with Gasteiger partial charge >= 0.3 is 0 Å². The molecule has 0 saturated heterocycles. The van der Waals surface area contributed by atoms with Crippen molar-refractivity contribution in [2.75, 3.05) is 17.7 Å². The average molecular weight is 532 g/mol. The first-order valence-corrected chi connectivity index (χ1v) is 13.1. The Morgan fingerprint density at radius 2 is 1.89 bits per heavy atom. The van der Waals surface area contributed by atoms with E-state index in [9.17, 15) is 4.79 Å². The van der Waals surface area contributed by atoms with Crippen molar-refractivity contribution >= 4 is 40.9 Å². The van der Waals surface area contributed by atoms with E-state index in [4.69, 9.17) is 26.4 Å². The number of thioether (sulfide) groups is 1. The molecule has 5 rings (SSSR count). The van der Waals surface area contributed by atoms with Gasteiger partial charge in [-0.2, -0.15) is 4.98 Å². The summed E-state index contributed by atoms with van der Waals surface area (Å²) in [4.78, 5) is 18.4. The topological polar surface area (TPSA) is 81.1 Å². The average Bonchev–Trinajstić information content (AvgIpc) is 3.31. The molecule has 0 saturated carbocycles. The van der Waals surface area contributed by atoms with Crippen molar-refractivity contribution in [3.8, 4) is 5.75 Å². The molecule has 4 aromatic rings. The van der Waals surface area contributed by atoms with Gasteiger partial charge in [0.05, 0.1) is 12.7 Å². The van der Waals surface area contributed by atoms with Crippen LogP contribution in [-0.4, -0.2) is 27.8 Å². The molecule has 188 valence electrons. The van der Waals surface area contributed by atoms with Crippen molar-refractivity contribution in [1.82, 2.24) is 14.8 Å². The van der Waals surface area contributed by atoms with Gasteiger partial charge in [0.1, 0.15) is 11.8 Å². The number of halogens is 1. The monoisotopic (exact) mass is 531 g/mol. The number of carbonyl (C=O) groups excluding carboxylic acids is 1. The maximum Gasteiger partial charge on any atom is 0.255 e. The summed E-state index contributed by atoms with van der Waals surface area (Å²) in [7, 11) is 1.65. The van der Waals surface area contributed by atoms with Crippen LogP contribution in [0.15, 0.2) is 89.2 Å². The number of benzene rings is 3. The van der Waals surface area contributed by atoms with Crippen LogP contribution in [-0.2, 0) is 10.5 Å². The van der Waals surface area contributed by atoms with Crippen LogP contribution in [0.25, 0.3) is 0 Å². The summed E-state index contributed by atoms with van der Waals surface area (Å²) in [6.45, 7) is 3.85. The largest absolute Gasteiger partial charge is 0.497 e. The number of aromatic nitrogens is 3. The van der Waals surface area contributed by atoms with E-state index in [1.165, 1.54) is 11.8 Å². The SMILES string of the molecule is COc1cccc(CSc2nc3n(n2)C(c2ccc(Cl)cc2)C(C(=O)Nc2ccccc2C)=C(C)N3)c1. The number of anilines is 2. The van der Waals surface area contributed by atoms with Gasteiger partial charge in [-0.05, 0) is 60.9 Å². The second kappa shape index (κ2) is 10.7. The Hall–Kier alpha value is -3.75. The minimum atomic E-state index is -0.476.